The van der Waals surface area contributed by atoms with Gasteiger partial charge in [-0.25, -0.2) is 18.2 Å². The molecule has 1 aromatic carbocycles. The standard InChI is InChI=1S/C14H10N2O4S/c15-8-13-11(2-1-7-16-13)9-21(19,20)12-5-3-10(4-6-12)14(17)18/h1-7H,9H2,(H,17,18). The summed E-state index contributed by atoms with van der Waals surface area (Å²) >= 11 is 0. The molecule has 7 heteroatoms. The molecular weight excluding hydrogens is 292 g/mol. The molecule has 0 amide bonds. The van der Waals surface area contributed by atoms with Crippen molar-refractivity contribution in [1.29, 1.82) is 5.26 Å². The van der Waals surface area contributed by atoms with E-state index in [9.17, 15) is 13.2 Å². The zero-order valence-electron chi connectivity index (χ0n) is 10.7. The highest BCUT2D eigenvalue weighted by atomic mass is 32.2. The number of rotatable bonds is 4. The minimum Gasteiger partial charge on any atom is -0.478 e. The molecule has 106 valence electrons. The molecule has 0 aliphatic carbocycles. The summed E-state index contributed by atoms with van der Waals surface area (Å²) in [6.07, 6.45) is 1.41. The summed E-state index contributed by atoms with van der Waals surface area (Å²) in [6.45, 7) is 0. The summed E-state index contributed by atoms with van der Waals surface area (Å²) in [5.41, 5.74) is 0.374. The molecule has 21 heavy (non-hydrogen) atoms. The molecular formula is C14H10N2O4S. The fraction of sp³-hybridized carbons (Fsp3) is 0.0714. The van der Waals surface area contributed by atoms with Crippen molar-refractivity contribution >= 4 is 15.8 Å². The van der Waals surface area contributed by atoms with Crippen LogP contribution in [-0.2, 0) is 15.6 Å². The highest BCUT2D eigenvalue weighted by molar-refractivity contribution is 7.90. The van der Waals surface area contributed by atoms with Gasteiger partial charge in [-0.15, -0.1) is 0 Å². The number of aromatic carboxylic acids is 1. The normalized spacial score (nSPS) is 10.8. The first-order valence-corrected chi connectivity index (χ1v) is 7.49. The number of sulfone groups is 1. The summed E-state index contributed by atoms with van der Waals surface area (Å²) in [6, 6.07) is 9.84. The lowest BCUT2D eigenvalue weighted by Crippen LogP contribution is -2.07. The van der Waals surface area contributed by atoms with Crippen LogP contribution in [0.2, 0.25) is 0 Å². The average Bonchev–Trinajstić information content (AvgIpc) is 2.47. The Balaban J connectivity index is 2.34. The summed E-state index contributed by atoms with van der Waals surface area (Å²) in [5.74, 6) is -1.49. The van der Waals surface area contributed by atoms with Crippen LogP contribution in [0.1, 0.15) is 21.6 Å². The molecule has 1 N–H and O–H groups in total. The van der Waals surface area contributed by atoms with Crippen LogP contribution in [0.4, 0.5) is 0 Å². The summed E-state index contributed by atoms with van der Waals surface area (Å²) < 4.78 is 24.5. The molecule has 0 aliphatic rings. The number of carbonyl (C=O) groups is 1. The highest BCUT2D eigenvalue weighted by Crippen LogP contribution is 2.18. The topological polar surface area (TPSA) is 108 Å². The van der Waals surface area contributed by atoms with E-state index in [1.807, 2.05) is 6.07 Å². The number of benzene rings is 1. The Hall–Kier alpha value is -2.72. The van der Waals surface area contributed by atoms with E-state index in [-0.39, 0.29) is 21.9 Å². The monoisotopic (exact) mass is 302 g/mol. The number of pyridine rings is 1. The number of aromatic nitrogens is 1. The summed E-state index contributed by atoms with van der Waals surface area (Å²) in [7, 11) is -3.67. The van der Waals surface area contributed by atoms with Gasteiger partial charge in [0.1, 0.15) is 11.8 Å². The van der Waals surface area contributed by atoms with E-state index in [1.165, 1.54) is 36.5 Å². The van der Waals surface area contributed by atoms with Gasteiger partial charge < -0.3 is 5.11 Å². The fourth-order valence-corrected chi connectivity index (χ4v) is 3.11. The van der Waals surface area contributed by atoms with Crippen molar-refractivity contribution in [2.24, 2.45) is 0 Å². The van der Waals surface area contributed by atoms with Gasteiger partial charge in [0.15, 0.2) is 9.84 Å². The first kappa shape index (κ1) is 14.7. The maximum absolute atomic E-state index is 12.3. The predicted molar refractivity (Wildman–Crippen MR) is 73.2 cm³/mol. The van der Waals surface area contributed by atoms with Gasteiger partial charge in [-0.1, -0.05) is 6.07 Å². The van der Waals surface area contributed by atoms with Crippen LogP contribution in [0, 0.1) is 11.3 Å². The maximum Gasteiger partial charge on any atom is 0.335 e. The SMILES string of the molecule is N#Cc1ncccc1CS(=O)(=O)c1ccc(C(=O)O)cc1. The summed E-state index contributed by atoms with van der Waals surface area (Å²) in [4.78, 5) is 14.6. The Morgan fingerprint density at radius 3 is 2.48 bits per heavy atom. The lowest BCUT2D eigenvalue weighted by molar-refractivity contribution is 0.0696. The molecule has 1 aromatic heterocycles. The van der Waals surface area contributed by atoms with E-state index in [1.54, 1.807) is 6.07 Å². The van der Waals surface area contributed by atoms with Crippen LogP contribution >= 0.6 is 0 Å². The predicted octanol–water partition coefficient (Wildman–Crippen LogP) is 1.63. The van der Waals surface area contributed by atoms with Gasteiger partial charge in [-0.05, 0) is 30.3 Å². The number of carboxylic acids is 1. The third kappa shape index (κ3) is 3.24. The van der Waals surface area contributed by atoms with E-state index in [2.05, 4.69) is 4.98 Å². The zero-order valence-corrected chi connectivity index (χ0v) is 11.5. The van der Waals surface area contributed by atoms with E-state index in [0.717, 1.165) is 0 Å². The summed E-state index contributed by atoms with van der Waals surface area (Å²) in [5, 5.41) is 17.7. The van der Waals surface area contributed by atoms with Crippen LogP contribution < -0.4 is 0 Å². The van der Waals surface area contributed by atoms with Gasteiger partial charge in [0.25, 0.3) is 0 Å². The van der Waals surface area contributed by atoms with E-state index < -0.39 is 15.8 Å². The largest absolute Gasteiger partial charge is 0.478 e. The lowest BCUT2D eigenvalue weighted by Gasteiger charge is -2.06. The molecule has 0 saturated carbocycles. The maximum atomic E-state index is 12.3. The first-order chi connectivity index (χ1) is 9.94. The van der Waals surface area contributed by atoms with E-state index >= 15 is 0 Å². The molecule has 0 radical (unpaired) electrons. The second kappa shape index (κ2) is 5.73. The van der Waals surface area contributed by atoms with Gasteiger partial charge in [0.2, 0.25) is 0 Å². The van der Waals surface area contributed by atoms with Crippen LogP contribution in [0.5, 0.6) is 0 Å². The molecule has 6 nitrogen and oxygen atoms in total. The lowest BCUT2D eigenvalue weighted by atomic mass is 10.2. The van der Waals surface area contributed by atoms with Gasteiger partial charge >= 0.3 is 5.97 Å². The van der Waals surface area contributed by atoms with Gasteiger partial charge in [0, 0.05) is 11.8 Å². The average molecular weight is 302 g/mol. The number of hydrogen-bond acceptors (Lipinski definition) is 5. The Morgan fingerprint density at radius 2 is 1.90 bits per heavy atom. The highest BCUT2D eigenvalue weighted by Gasteiger charge is 2.18. The molecule has 0 aliphatic heterocycles. The van der Waals surface area contributed by atoms with E-state index in [4.69, 9.17) is 10.4 Å². The molecule has 2 aromatic rings. The number of hydrogen-bond donors (Lipinski definition) is 1. The molecule has 1 heterocycles. The van der Waals surface area contributed by atoms with Gasteiger partial charge in [-0.2, -0.15) is 5.26 Å². The molecule has 0 fully saturated rings. The molecule has 0 unspecified atom stereocenters. The third-order valence-corrected chi connectivity index (χ3v) is 4.48. The van der Waals surface area contributed by atoms with Crippen molar-refractivity contribution in [1.82, 2.24) is 4.98 Å². The van der Waals surface area contributed by atoms with Crippen molar-refractivity contribution in [3.63, 3.8) is 0 Å². The van der Waals surface area contributed by atoms with Crippen LogP contribution in [-0.4, -0.2) is 24.5 Å². The minimum absolute atomic E-state index is 0.000225. The molecule has 0 atom stereocenters. The van der Waals surface area contributed by atoms with Gasteiger partial charge in [-0.3, -0.25) is 0 Å². The van der Waals surface area contributed by atoms with Crippen molar-refractivity contribution in [2.45, 2.75) is 10.6 Å². The Morgan fingerprint density at radius 1 is 1.24 bits per heavy atom. The fourth-order valence-electron chi connectivity index (χ4n) is 1.75. The Bertz CT molecular complexity index is 821. The number of nitriles is 1. The second-order valence-corrected chi connectivity index (χ2v) is 6.20. The second-order valence-electron chi connectivity index (χ2n) is 4.21. The van der Waals surface area contributed by atoms with Crippen LogP contribution in [0.3, 0.4) is 0 Å². The molecule has 0 saturated heterocycles. The molecule has 0 bridgehead atoms. The van der Waals surface area contributed by atoms with Crippen LogP contribution in [0.25, 0.3) is 0 Å². The number of carboxylic acid groups (broad SMARTS) is 1. The minimum atomic E-state index is -3.67. The Kier molecular flexibility index (Phi) is 4.00. The van der Waals surface area contributed by atoms with Crippen LogP contribution in [0.15, 0.2) is 47.5 Å². The zero-order chi connectivity index (χ0) is 15.5. The van der Waals surface area contributed by atoms with Crippen molar-refractivity contribution in [2.75, 3.05) is 0 Å². The first-order valence-electron chi connectivity index (χ1n) is 5.84. The number of nitrogens with zero attached hydrogens (tertiary/aromatic N) is 2. The van der Waals surface area contributed by atoms with Crippen molar-refractivity contribution in [3.05, 3.63) is 59.4 Å². The van der Waals surface area contributed by atoms with Crippen molar-refractivity contribution < 1.29 is 18.3 Å². The molecule has 2 rings (SSSR count). The van der Waals surface area contributed by atoms with Gasteiger partial charge in [0.05, 0.1) is 16.2 Å². The van der Waals surface area contributed by atoms with Crippen molar-refractivity contribution in [3.8, 4) is 6.07 Å². The smallest absolute Gasteiger partial charge is 0.335 e. The quantitative estimate of drug-likeness (QED) is 0.919. The molecule has 0 spiro atoms. The third-order valence-electron chi connectivity index (χ3n) is 2.80. The van der Waals surface area contributed by atoms with E-state index in [0.29, 0.717) is 5.56 Å². The Labute approximate surface area is 121 Å².